The standard InChI is InChI=1S/C12H13BrN4O/c1-8-4-10(2-3-11(8)13)16-12(18)7-17-6-9(14)5-15-17/h2-6H,7,14H2,1H3,(H,16,18). The van der Waals surface area contributed by atoms with Crippen molar-refractivity contribution in [2.75, 3.05) is 11.1 Å². The molecular formula is C12H13BrN4O. The average molecular weight is 309 g/mol. The fraction of sp³-hybridized carbons (Fsp3) is 0.167. The lowest BCUT2D eigenvalue weighted by molar-refractivity contribution is -0.116. The molecule has 0 spiro atoms. The molecule has 18 heavy (non-hydrogen) atoms. The Morgan fingerprint density at radius 2 is 2.33 bits per heavy atom. The maximum absolute atomic E-state index is 11.8. The Hall–Kier alpha value is -1.82. The number of nitrogens with two attached hydrogens (primary N) is 1. The van der Waals surface area contributed by atoms with Gasteiger partial charge in [-0.2, -0.15) is 5.10 Å². The monoisotopic (exact) mass is 308 g/mol. The minimum atomic E-state index is -0.139. The molecule has 5 nitrogen and oxygen atoms in total. The van der Waals surface area contributed by atoms with E-state index in [0.717, 1.165) is 15.7 Å². The molecule has 0 atom stereocenters. The second-order valence-corrected chi connectivity index (χ2v) is 4.84. The number of rotatable bonds is 3. The third-order valence-corrected chi connectivity index (χ3v) is 3.29. The third kappa shape index (κ3) is 3.10. The topological polar surface area (TPSA) is 72.9 Å². The molecule has 0 radical (unpaired) electrons. The first-order valence-corrected chi connectivity index (χ1v) is 6.18. The zero-order valence-corrected chi connectivity index (χ0v) is 11.4. The molecule has 2 aromatic rings. The number of aromatic nitrogens is 2. The molecule has 0 aliphatic carbocycles. The van der Waals surface area contributed by atoms with Crippen molar-refractivity contribution >= 4 is 33.2 Å². The van der Waals surface area contributed by atoms with Crippen molar-refractivity contribution in [1.82, 2.24) is 9.78 Å². The summed E-state index contributed by atoms with van der Waals surface area (Å²) in [5.41, 5.74) is 7.90. The molecule has 0 aliphatic heterocycles. The Kier molecular flexibility index (Phi) is 3.66. The van der Waals surface area contributed by atoms with E-state index in [9.17, 15) is 4.79 Å². The van der Waals surface area contributed by atoms with E-state index >= 15 is 0 Å². The number of hydrogen-bond donors (Lipinski definition) is 2. The summed E-state index contributed by atoms with van der Waals surface area (Å²) >= 11 is 3.41. The Morgan fingerprint density at radius 1 is 1.56 bits per heavy atom. The molecule has 0 fully saturated rings. The molecule has 0 unspecified atom stereocenters. The van der Waals surface area contributed by atoms with Crippen LogP contribution in [0.2, 0.25) is 0 Å². The van der Waals surface area contributed by atoms with Gasteiger partial charge in [-0.1, -0.05) is 15.9 Å². The maximum atomic E-state index is 11.8. The molecule has 0 bridgehead atoms. The van der Waals surface area contributed by atoms with E-state index in [1.54, 1.807) is 6.20 Å². The van der Waals surface area contributed by atoms with Crippen LogP contribution in [0.1, 0.15) is 5.56 Å². The van der Waals surface area contributed by atoms with Crippen molar-refractivity contribution in [2.24, 2.45) is 0 Å². The first-order valence-electron chi connectivity index (χ1n) is 5.38. The van der Waals surface area contributed by atoms with Gasteiger partial charge in [-0.05, 0) is 30.7 Å². The summed E-state index contributed by atoms with van der Waals surface area (Å²) in [7, 11) is 0. The minimum Gasteiger partial charge on any atom is -0.396 e. The number of carbonyl (C=O) groups is 1. The van der Waals surface area contributed by atoms with Crippen LogP contribution in [-0.2, 0) is 11.3 Å². The lowest BCUT2D eigenvalue weighted by Gasteiger charge is -2.07. The molecule has 0 aliphatic rings. The summed E-state index contributed by atoms with van der Waals surface area (Å²) in [6.45, 7) is 2.11. The van der Waals surface area contributed by atoms with Crippen LogP contribution >= 0.6 is 15.9 Å². The quantitative estimate of drug-likeness (QED) is 0.912. The predicted octanol–water partition coefficient (Wildman–Crippen LogP) is 2.17. The lowest BCUT2D eigenvalue weighted by Crippen LogP contribution is -2.19. The van der Waals surface area contributed by atoms with Gasteiger partial charge in [0.25, 0.3) is 0 Å². The van der Waals surface area contributed by atoms with E-state index in [-0.39, 0.29) is 12.5 Å². The first-order chi connectivity index (χ1) is 8.54. The van der Waals surface area contributed by atoms with Crippen LogP contribution in [-0.4, -0.2) is 15.7 Å². The van der Waals surface area contributed by atoms with Gasteiger partial charge in [0.2, 0.25) is 5.91 Å². The number of nitrogens with one attached hydrogen (secondary N) is 1. The lowest BCUT2D eigenvalue weighted by atomic mass is 10.2. The van der Waals surface area contributed by atoms with Crippen LogP contribution in [0.5, 0.6) is 0 Å². The van der Waals surface area contributed by atoms with Crippen molar-refractivity contribution in [3.8, 4) is 0 Å². The number of hydrogen-bond acceptors (Lipinski definition) is 3. The van der Waals surface area contributed by atoms with Gasteiger partial charge in [0.1, 0.15) is 6.54 Å². The molecular weight excluding hydrogens is 296 g/mol. The molecule has 0 saturated heterocycles. The second-order valence-electron chi connectivity index (χ2n) is 3.98. The van der Waals surface area contributed by atoms with E-state index in [2.05, 4.69) is 26.3 Å². The molecule has 1 heterocycles. The van der Waals surface area contributed by atoms with E-state index in [1.807, 2.05) is 25.1 Å². The summed E-state index contributed by atoms with van der Waals surface area (Å²) in [6, 6.07) is 5.64. The van der Waals surface area contributed by atoms with Gasteiger partial charge in [0, 0.05) is 16.4 Å². The highest BCUT2D eigenvalue weighted by molar-refractivity contribution is 9.10. The molecule has 2 rings (SSSR count). The molecule has 1 aromatic carbocycles. The van der Waals surface area contributed by atoms with Crippen LogP contribution in [0, 0.1) is 6.92 Å². The predicted molar refractivity (Wildman–Crippen MR) is 74.1 cm³/mol. The Bertz CT molecular complexity index is 579. The fourth-order valence-electron chi connectivity index (χ4n) is 1.54. The van der Waals surface area contributed by atoms with Crippen LogP contribution in [0.25, 0.3) is 0 Å². The Labute approximate surface area is 113 Å². The summed E-state index contributed by atoms with van der Waals surface area (Å²) in [6.07, 6.45) is 3.13. The summed E-state index contributed by atoms with van der Waals surface area (Å²) in [5, 5.41) is 6.76. The van der Waals surface area contributed by atoms with Gasteiger partial charge in [-0.3, -0.25) is 9.48 Å². The number of nitrogens with zero attached hydrogens (tertiary/aromatic N) is 2. The van der Waals surface area contributed by atoms with Gasteiger partial charge in [-0.25, -0.2) is 0 Å². The summed E-state index contributed by atoms with van der Waals surface area (Å²) < 4.78 is 2.51. The SMILES string of the molecule is Cc1cc(NC(=O)Cn2cc(N)cn2)ccc1Br. The van der Waals surface area contributed by atoms with E-state index in [0.29, 0.717) is 5.69 Å². The highest BCUT2D eigenvalue weighted by Gasteiger charge is 2.05. The van der Waals surface area contributed by atoms with Crippen LogP contribution < -0.4 is 11.1 Å². The molecule has 1 aromatic heterocycles. The van der Waals surface area contributed by atoms with E-state index in [1.165, 1.54) is 10.9 Å². The highest BCUT2D eigenvalue weighted by Crippen LogP contribution is 2.19. The van der Waals surface area contributed by atoms with Crippen LogP contribution in [0.15, 0.2) is 35.1 Å². The Morgan fingerprint density at radius 3 is 2.94 bits per heavy atom. The van der Waals surface area contributed by atoms with Gasteiger partial charge < -0.3 is 11.1 Å². The first kappa shape index (κ1) is 12.6. The normalized spacial score (nSPS) is 10.3. The van der Waals surface area contributed by atoms with E-state index in [4.69, 9.17) is 5.73 Å². The molecule has 3 N–H and O–H groups in total. The van der Waals surface area contributed by atoms with Gasteiger partial charge >= 0.3 is 0 Å². The van der Waals surface area contributed by atoms with Gasteiger partial charge in [0.15, 0.2) is 0 Å². The number of nitrogen functional groups attached to an aromatic ring is 1. The maximum Gasteiger partial charge on any atom is 0.246 e. The van der Waals surface area contributed by atoms with Crippen molar-refractivity contribution in [1.29, 1.82) is 0 Å². The van der Waals surface area contributed by atoms with Crippen molar-refractivity contribution in [3.63, 3.8) is 0 Å². The van der Waals surface area contributed by atoms with Crippen LogP contribution in [0.3, 0.4) is 0 Å². The fourth-order valence-corrected chi connectivity index (χ4v) is 1.78. The zero-order valence-electron chi connectivity index (χ0n) is 9.85. The molecule has 94 valence electrons. The number of benzene rings is 1. The third-order valence-electron chi connectivity index (χ3n) is 2.40. The number of halogens is 1. The van der Waals surface area contributed by atoms with Crippen molar-refractivity contribution < 1.29 is 4.79 Å². The smallest absolute Gasteiger partial charge is 0.246 e. The number of anilines is 2. The number of amides is 1. The average Bonchev–Trinajstić information content (AvgIpc) is 2.69. The molecule has 6 heteroatoms. The van der Waals surface area contributed by atoms with Crippen molar-refractivity contribution in [2.45, 2.75) is 13.5 Å². The number of carbonyl (C=O) groups excluding carboxylic acids is 1. The summed E-state index contributed by atoms with van der Waals surface area (Å²) in [4.78, 5) is 11.8. The molecule has 1 amide bonds. The summed E-state index contributed by atoms with van der Waals surface area (Å²) in [5.74, 6) is -0.139. The number of aryl methyl sites for hydroxylation is 1. The second kappa shape index (κ2) is 5.22. The highest BCUT2D eigenvalue weighted by atomic mass is 79.9. The minimum absolute atomic E-state index is 0.139. The van der Waals surface area contributed by atoms with Crippen molar-refractivity contribution in [3.05, 3.63) is 40.6 Å². The van der Waals surface area contributed by atoms with Crippen LogP contribution in [0.4, 0.5) is 11.4 Å². The molecule has 0 saturated carbocycles. The Balaban J connectivity index is 2.00. The largest absolute Gasteiger partial charge is 0.396 e. The van der Waals surface area contributed by atoms with Gasteiger partial charge in [0.05, 0.1) is 11.9 Å². The van der Waals surface area contributed by atoms with Gasteiger partial charge in [-0.15, -0.1) is 0 Å². The zero-order chi connectivity index (χ0) is 13.1. The van der Waals surface area contributed by atoms with E-state index < -0.39 is 0 Å².